The van der Waals surface area contributed by atoms with Gasteiger partial charge in [-0.25, -0.2) is 9.59 Å². The number of nitrogens with one attached hydrogen (secondary N) is 3. The molecule has 1 saturated heterocycles. The zero-order valence-electron chi connectivity index (χ0n) is 26.4. The summed E-state index contributed by atoms with van der Waals surface area (Å²) >= 11 is 0. The molecule has 0 bridgehead atoms. The Morgan fingerprint density at radius 1 is 0.867 bits per heavy atom. The number of aliphatic carboxylic acids is 1. The molecule has 0 saturated carbocycles. The number of nitrogens with zero attached hydrogens (tertiary/aromatic N) is 1. The second kappa shape index (κ2) is 15.0. The maximum atomic E-state index is 13.4. The van der Waals surface area contributed by atoms with Crippen molar-refractivity contribution in [1.29, 1.82) is 0 Å². The minimum absolute atomic E-state index is 0.0409. The number of ether oxygens (including phenoxy) is 1. The zero-order valence-corrected chi connectivity index (χ0v) is 26.4. The van der Waals surface area contributed by atoms with Gasteiger partial charge < -0.3 is 25.8 Å². The summed E-state index contributed by atoms with van der Waals surface area (Å²) in [6, 6.07) is 13.3. The van der Waals surface area contributed by atoms with E-state index in [9.17, 15) is 29.1 Å². The van der Waals surface area contributed by atoms with Crippen LogP contribution in [0.2, 0.25) is 0 Å². The van der Waals surface area contributed by atoms with Gasteiger partial charge in [0, 0.05) is 12.5 Å². The molecule has 11 heteroatoms. The molecule has 4 amide bonds. The lowest BCUT2D eigenvalue weighted by molar-refractivity contribution is -0.142. The molecule has 1 aliphatic heterocycles. The Labute approximate surface area is 264 Å². The van der Waals surface area contributed by atoms with Gasteiger partial charge in [0.1, 0.15) is 24.7 Å². The summed E-state index contributed by atoms with van der Waals surface area (Å²) in [4.78, 5) is 65.1. The zero-order chi connectivity index (χ0) is 32.7. The summed E-state index contributed by atoms with van der Waals surface area (Å²) in [5.74, 6) is -2.82. The van der Waals surface area contributed by atoms with Gasteiger partial charge in [0.05, 0.1) is 6.54 Å². The lowest BCUT2D eigenvalue weighted by Gasteiger charge is -2.27. The van der Waals surface area contributed by atoms with Crippen LogP contribution in [0.1, 0.15) is 70.4 Å². The van der Waals surface area contributed by atoms with E-state index < -0.39 is 54.5 Å². The van der Waals surface area contributed by atoms with Crippen LogP contribution in [-0.4, -0.2) is 77.6 Å². The maximum absolute atomic E-state index is 13.4. The predicted octanol–water partition coefficient (Wildman–Crippen LogP) is 3.66. The monoisotopic (exact) mass is 620 g/mol. The van der Waals surface area contributed by atoms with Gasteiger partial charge in [-0.05, 0) is 59.8 Å². The number of likely N-dealkylation sites (tertiary alicyclic amines) is 1. The molecule has 2 aliphatic rings. The molecule has 1 aliphatic carbocycles. The van der Waals surface area contributed by atoms with Gasteiger partial charge >= 0.3 is 12.1 Å². The quantitative estimate of drug-likeness (QED) is 0.267. The minimum atomic E-state index is -1.15. The van der Waals surface area contributed by atoms with E-state index in [2.05, 4.69) is 28.1 Å². The molecule has 242 valence electrons. The SMILES string of the molecule is CC(C)C[C@H](NC(=O)CNC(=O)[C@H](CC(C)C)NC(=O)[C@@H]1CCCN1C(=O)OCC1c2ccccc2-c2ccccc21)C(=O)O. The van der Waals surface area contributed by atoms with Gasteiger partial charge in [0.2, 0.25) is 17.7 Å². The average molecular weight is 621 g/mol. The molecule has 0 radical (unpaired) electrons. The van der Waals surface area contributed by atoms with Crippen molar-refractivity contribution >= 4 is 29.8 Å². The molecule has 11 nitrogen and oxygen atoms in total. The first-order valence-electron chi connectivity index (χ1n) is 15.7. The van der Waals surface area contributed by atoms with Gasteiger partial charge in [0.15, 0.2) is 0 Å². The summed E-state index contributed by atoms with van der Waals surface area (Å²) in [7, 11) is 0. The number of carboxylic acid groups (broad SMARTS) is 1. The molecular formula is C34H44N4O7. The third-order valence-corrected chi connectivity index (χ3v) is 8.23. The van der Waals surface area contributed by atoms with Crippen LogP contribution < -0.4 is 16.0 Å². The van der Waals surface area contributed by atoms with Crippen LogP contribution in [0.5, 0.6) is 0 Å². The number of hydrogen-bond acceptors (Lipinski definition) is 6. The van der Waals surface area contributed by atoms with Crippen LogP contribution in [0.3, 0.4) is 0 Å². The van der Waals surface area contributed by atoms with Crippen LogP contribution in [-0.2, 0) is 23.9 Å². The molecule has 1 heterocycles. The van der Waals surface area contributed by atoms with Crippen LogP contribution in [0.4, 0.5) is 4.79 Å². The number of carboxylic acids is 1. The normalized spacial score (nSPS) is 16.9. The maximum Gasteiger partial charge on any atom is 0.410 e. The lowest BCUT2D eigenvalue weighted by atomic mass is 9.98. The van der Waals surface area contributed by atoms with Gasteiger partial charge in [-0.1, -0.05) is 76.2 Å². The van der Waals surface area contributed by atoms with Crippen LogP contribution in [0.25, 0.3) is 11.1 Å². The fourth-order valence-corrected chi connectivity index (χ4v) is 6.13. The summed E-state index contributed by atoms with van der Waals surface area (Å²) in [6.45, 7) is 7.57. The molecule has 2 aromatic carbocycles. The number of rotatable bonds is 13. The first-order chi connectivity index (χ1) is 21.5. The van der Waals surface area contributed by atoms with E-state index >= 15 is 0 Å². The smallest absolute Gasteiger partial charge is 0.410 e. The van der Waals surface area contributed by atoms with Crippen molar-refractivity contribution < 1.29 is 33.8 Å². The number of benzene rings is 2. The van der Waals surface area contributed by atoms with Gasteiger partial charge in [0.25, 0.3) is 0 Å². The highest BCUT2D eigenvalue weighted by atomic mass is 16.6. The average Bonchev–Trinajstić information content (AvgIpc) is 3.61. The molecule has 4 rings (SSSR count). The van der Waals surface area contributed by atoms with Crippen LogP contribution >= 0.6 is 0 Å². The molecule has 0 aromatic heterocycles. The highest BCUT2D eigenvalue weighted by Crippen LogP contribution is 2.44. The fraction of sp³-hybridized carbons (Fsp3) is 0.500. The van der Waals surface area contributed by atoms with Crippen molar-refractivity contribution in [2.45, 2.75) is 77.4 Å². The topological polar surface area (TPSA) is 154 Å². The van der Waals surface area contributed by atoms with Crippen molar-refractivity contribution in [2.24, 2.45) is 11.8 Å². The largest absolute Gasteiger partial charge is 0.480 e. The highest BCUT2D eigenvalue weighted by Gasteiger charge is 2.38. The second-order valence-electron chi connectivity index (χ2n) is 12.7. The van der Waals surface area contributed by atoms with Crippen LogP contribution in [0, 0.1) is 11.8 Å². The second-order valence-corrected chi connectivity index (χ2v) is 12.7. The number of carbonyl (C=O) groups is 5. The number of hydrogen-bond donors (Lipinski definition) is 4. The molecule has 0 unspecified atom stereocenters. The molecule has 1 fully saturated rings. The Kier molecular flexibility index (Phi) is 11.2. The first kappa shape index (κ1) is 33.5. The van der Waals surface area contributed by atoms with Crippen molar-refractivity contribution in [3.05, 3.63) is 59.7 Å². The molecule has 0 spiro atoms. The van der Waals surface area contributed by atoms with E-state index in [1.165, 1.54) is 4.90 Å². The van der Waals surface area contributed by atoms with Gasteiger partial charge in [-0.2, -0.15) is 0 Å². The Morgan fingerprint density at radius 2 is 1.44 bits per heavy atom. The van der Waals surface area contributed by atoms with E-state index in [0.29, 0.717) is 25.8 Å². The van der Waals surface area contributed by atoms with Crippen LogP contribution in [0.15, 0.2) is 48.5 Å². The number of carbonyl (C=O) groups excluding carboxylic acids is 4. The van der Waals surface area contributed by atoms with Gasteiger partial charge in [-0.15, -0.1) is 0 Å². The fourth-order valence-electron chi connectivity index (χ4n) is 6.13. The standard InChI is InChI=1S/C34H44N4O7/c1-20(2)16-27(31(40)35-18-30(39)36-28(33(42)43)17-21(3)4)37-32(41)29-14-9-15-38(29)34(44)45-19-26-24-12-7-5-10-22(24)23-11-6-8-13-25(23)26/h5-8,10-13,20-21,26-29H,9,14-19H2,1-4H3,(H,35,40)(H,36,39)(H,37,41)(H,42,43)/t27-,28-,29-/m0/s1. The summed E-state index contributed by atoms with van der Waals surface area (Å²) in [6.07, 6.45) is 1.03. The molecule has 45 heavy (non-hydrogen) atoms. The highest BCUT2D eigenvalue weighted by molar-refractivity contribution is 5.93. The predicted molar refractivity (Wildman–Crippen MR) is 168 cm³/mol. The van der Waals surface area contributed by atoms with E-state index in [0.717, 1.165) is 22.3 Å². The number of fused-ring (bicyclic) bond motifs is 3. The van der Waals surface area contributed by atoms with Gasteiger partial charge in [-0.3, -0.25) is 19.3 Å². The minimum Gasteiger partial charge on any atom is -0.480 e. The Morgan fingerprint density at radius 3 is 2.02 bits per heavy atom. The van der Waals surface area contributed by atoms with E-state index in [1.807, 2.05) is 64.1 Å². The summed E-state index contributed by atoms with van der Waals surface area (Å²) < 4.78 is 5.80. The summed E-state index contributed by atoms with van der Waals surface area (Å²) in [5.41, 5.74) is 4.43. The number of amides is 4. The molecular weight excluding hydrogens is 576 g/mol. The molecule has 2 aromatic rings. The van der Waals surface area contributed by atoms with E-state index in [-0.39, 0.29) is 30.8 Å². The van der Waals surface area contributed by atoms with Crippen molar-refractivity contribution in [3.63, 3.8) is 0 Å². The third kappa shape index (κ3) is 8.40. The van der Waals surface area contributed by atoms with Crippen molar-refractivity contribution in [2.75, 3.05) is 19.7 Å². The van der Waals surface area contributed by atoms with Crippen molar-refractivity contribution in [1.82, 2.24) is 20.9 Å². The molecule has 4 N–H and O–H groups in total. The molecule has 3 atom stereocenters. The Balaban J connectivity index is 1.34. The summed E-state index contributed by atoms with van der Waals surface area (Å²) in [5, 5.41) is 17.1. The lowest BCUT2D eigenvalue weighted by Crippen LogP contribution is -2.54. The third-order valence-electron chi connectivity index (χ3n) is 8.23. The van der Waals surface area contributed by atoms with Crippen molar-refractivity contribution in [3.8, 4) is 11.1 Å². The first-order valence-corrected chi connectivity index (χ1v) is 15.7. The van der Waals surface area contributed by atoms with E-state index in [1.54, 1.807) is 0 Å². The van der Waals surface area contributed by atoms with E-state index in [4.69, 9.17) is 4.74 Å². The Bertz CT molecular complexity index is 1360. The Hall–Kier alpha value is -4.41.